The first-order valence-electron chi connectivity index (χ1n) is 15.5. The predicted octanol–water partition coefficient (Wildman–Crippen LogP) is 6.33. The Morgan fingerprint density at radius 2 is 1.65 bits per heavy atom. The molecule has 1 aromatic rings. The smallest absolute Gasteiger partial charge is 0.315 e. The van der Waals surface area contributed by atoms with E-state index in [1.165, 1.54) is 39.6 Å². The molecule has 46 heavy (non-hydrogen) atoms. The van der Waals surface area contributed by atoms with Crippen LogP contribution in [0, 0.1) is 27.9 Å². The van der Waals surface area contributed by atoms with E-state index in [2.05, 4.69) is 33.9 Å². The Balaban J connectivity index is 3.42. The third-order valence-corrected chi connectivity index (χ3v) is 13.7. The number of amides is 1. The lowest BCUT2D eigenvalue weighted by atomic mass is 9.86. The predicted molar refractivity (Wildman–Crippen MR) is 180 cm³/mol. The van der Waals surface area contributed by atoms with E-state index >= 15 is 0 Å². The number of carbonyl (C=O) groups excluding carboxylic acids is 1. The SMILES string of the molecule is COc1cc([C@H](OC)[C@@H](C)C[C@H](O)[C@H](OC)[C@@H](C)/C=C(\C)[C@H](O[Si](C)(C)C(C)(C)C)[C@@H](C)C(=O)N(C)OC)c(OC)c([N+](=O)[O-])c1. The van der Waals surface area contributed by atoms with Gasteiger partial charge in [0.2, 0.25) is 5.75 Å². The minimum Gasteiger partial charge on any atom is -0.496 e. The van der Waals surface area contributed by atoms with Crippen molar-refractivity contribution < 1.29 is 43.0 Å². The molecule has 1 N–H and O–H groups in total. The molecule has 0 aromatic heterocycles. The summed E-state index contributed by atoms with van der Waals surface area (Å²) in [5, 5.41) is 24.4. The molecule has 0 spiro atoms. The molecule has 1 amide bonds. The van der Waals surface area contributed by atoms with E-state index in [9.17, 15) is 20.0 Å². The number of hydrogen-bond donors (Lipinski definition) is 1. The zero-order chi connectivity index (χ0) is 35.7. The quantitative estimate of drug-likeness (QED) is 0.0816. The number of aliphatic hydroxyl groups excluding tert-OH is 1. The summed E-state index contributed by atoms with van der Waals surface area (Å²) in [4.78, 5) is 29.6. The van der Waals surface area contributed by atoms with Crippen LogP contribution in [0.4, 0.5) is 5.69 Å². The average molecular weight is 671 g/mol. The van der Waals surface area contributed by atoms with Crippen LogP contribution in [0.1, 0.15) is 66.6 Å². The first-order chi connectivity index (χ1) is 21.2. The highest BCUT2D eigenvalue weighted by molar-refractivity contribution is 6.74. The van der Waals surface area contributed by atoms with Crippen LogP contribution in [-0.4, -0.2) is 90.2 Å². The lowest BCUT2D eigenvalue weighted by molar-refractivity contribution is -0.385. The molecule has 0 fully saturated rings. The van der Waals surface area contributed by atoms with Crippen molar-refractivity contribution >= 4 is 19.9 Å². The molecule has 0 aliphatic carbocycles. The van der Waals surface area contributed by atoms with Gasteiger partial charge in [0.15, 0.2) is 8.32 Å². The third kappa shape index (κ3) is 10.2. The van der Waals surface area contributed by atoms with Gasteiger partial charge in [0.1, 0.15) is 5.75 Å². The number of nitro groups is 1. The molecule has 264 valence electrons. The van der Waals surface area contributed by atoms with Crippen LogP contribution >= 0.6 is 0 Å². The maximum atomic E-state index is 13.2. The number of aliphatic hydroxyl groups is 1. The summed E-state index contributed by atoms with van der Waals surface area (Å²) in [6, 6.07) is 2.95. The van der Waals surface area contributed by atoms with Crippen molar-refractivity contribution in [3.63, 3.8) is 0 Å². The molecule has 12 nitrogen and oxygen atoms in total. The molecule has 0 bridgehead atoms. The number of hydrogen-bond acceptors (Lipinski definition) is 10. The van der Waals surface area contributed by atoms with Gasteiger partial charge in [0.05, 0.1) is 62.7 Å². The molecule has 0 saturated heterocycles. The zero-order valence-electron chi connectivity index (χ0n) is 30.5. The van der Waals surface area contributed by atoms with Crippen LogP contribution < -0.4 is 9.47 Å². The lowest BCUT2D eigenvalue weighted by Gasteiger charge is -2.41. The van der Waals surface area contributed by atoms with Gasteiger partial charge in [-0.25, -0.2) is 5.06 Å². The molecule has 0 saturated carbocycles. The summed E-state index contributed by atoms with van der Waals surface area (Å²) in [5.74, 6) is -0.952. The van der Waals surface area contributed by atoms with Crippen LogP contribution in [0.2, 0.25) is 18.1 Å². The third-order valence-electron chi connectivity index (χ3n) is 9.20. The molecule has 13 heteroatoms. The maximum absolute atomic E-state index is 13.2. The molecular formula is C33H58N2O10Si. The van der Waals surface area contributed by atoms with Gasteiger partial charge in [-0.1, -0.05) is 47.6 Å². The molecule has 0 aliphatic heterocycles. The van der Waals surface area contributed by atoms with E-state index in [4.69, 9.17) is 28.2 Å². The minimum atomic E-state index is -2.30. The first kappa shape index (κ1) is 41.5. The fraction of sp³-hybridized carbons (Fsp3) is 0.727. The van der Waals surface area contributed by atoms with Crippen molar-refractivity contribution in [2.75, 3.05) is 42.6 Å². The molecular weight excluding hydrogens is 612 g/mol. The van der Waals surface area contributed by atoms with E-state index in [1.54, 1.807) is 20.2 Å². The normalized spacial score (nSPS) is 17.3. The van der Waals surface area contributed by atoms with Crippen molar-refractivity contribution in [1.82, 2.24) is 5.06 Å². The fourth-order valence-corrected chi connectivity index (χ4v) is 6.89. The molecule has 0 heterocycles. The highest BCUT2D eigenvalue weighted by atomic mass is 28.4. The van der Waals surface area contributed by atoms with E-state index in [0.29, 0.717) is 11.3 Å². The lowest BCUT2D eigenvalue weighted by Crippen LogP contribution is -2.48. The number of carbonyl (C=O) groups is 1. The Kier molecular flexibility index (Phi) is 15.8. The second kappa shape index (κ2) is 17.6. The van der Waals surface area contributed by atoms with Gasteiger partial charge in [-0.2, -0.15) is 0 Å². The maximum Gasteiger partial charge on any atom is 0.315 e. The van der Waals surface area contributed by atoms with Crippen LogP contribution in [0.25, 0.3) is 0 Å². The number of benzene rings is 1. The Morgan fingerprint density at radius 3 is 2.09 bits per heavy atom. The molecule has 1 aromatic carbocycles. The molecule has 0 aliphatic rings. The van der Waals surface area contributed by atoms with Crippen molar-refractivity contribution in [2.45, 2.75) is 97.4 Å². The number of rotatable bonds is 18. The van der Waals surface area contributed by atoms with E-state index in [1.807, 2.05) is 33.8 Å². The van der Waals surface area contributed by atoms with Gasteiger partial charge in [-0.3, -0.25) is 19.7 Å². The summed E-state index contributed by atoms with van der Waals surface area (Å²) >= 11 is 0. The van der Waals surface area contributed by atoms with Crippen molar-refractivity contribution in [2.24, 2.45) is 17.8 Å². The van der Waals surface area contributed by atoms with E-state index < -0.39 is 43.6 Å². The topological polar surface area (TPSA) is 139 Å². The van der Waals surface area contributed by atoms with Gasteiger partial charge >= 0.3 is 5.69 Å². The second-order valence-corrected chi connectivity index (χ2v) is 18.3. The van der Waals surface area contributed by atoms with Gasteiger partial charge in [-0.15, -0.1) is 0 Å². The molecule has 0 unspecified atom stereocenters. The van der Waals surface area contributed by atoms with E-state index in [-0.39, 0.29) is 40.6 Å². The second-order valence-electron chi connectivity index (χ2n) is 13.5. The highest BCUT2D eigenvalue weighted by Crippen LogP contribution is 2.43. The summed E-state index contributed by atoms with van der Waals surface area (Å²) < 4.78 is 29.2. The van der Waals surface area contributed by atoms with Crippen molar-refractivity contribution in [3.05, 3.63) is 39.5 Å². The standard InChI is InChI=1S/C33H58N2O10Si/c1-20(28(23(4)32(37)34(8)44-13)45-46(14,15)33(5,6)7)16-21(2)30(42-11)27(36)17-22(3)29(41-10)25-18-24(40-9)19-26(35(38)39)31(25)43-12/h16,18-19,21-23,27-30,36H,17H2,1-15H3/b20-16+/t21-,22-,23+,27-,28-,29+,30+/m0/s1. The fourth-order valence-electron chi connectivity index (χ4n) is 5.52. The zero-order valence-corrected chi connectivity index (χ0v) is 31.5. The van der Waals surface area contributed by atoms with Gasteiger partial charge < -0.3 is 28.5 Å². The van der Waals surface area contributed by atoms with Crippen molar-refractivity contribution in [1.29, 1.82) is 0 Å². The largest absolute Gasteiger partial charge is 0.496 e. The van der Waals surface area contributed by atoms with Crippen molar-refractivity contribution in [3.8, 4) is 11.5 Å². The minimum absolute atomic E-state index is 0.0739. The van der Waals surface area contributed by atoms with E-state index in [0.717, 1.165) is 5.57 Å². The Bertz CT molecular complexity index is 1190. The molecule has 7 atom stereocenters. The number of hydroxylamine groups is 2. The number of ether oxygens (including phenoxy) is 4. The van der Waals surface area contributed by atoms with Gasteiger partial charge in [0.25, 0.3) is 5.91 Å². The Labute approximate surface area is 276 Å². The number of methoxy groups -OCH3 is 4. The summed E-state index contributed by atoms with van der Waals surface area (Å²) in [6.45, 7) is 18.4. The Hall–Kier alpha value is -2.55. The monoisotopic (exact) mass is 670 g/mol. The first-order valence-corrected chi connectivity index (χ1v) is 18.4. The molecule has 1 rings (SSSR count). The van der Waals surface area contributed by atoms with Crippen LogP contribution in [0.3, 0.4) is 0 Å². The van der Waals surface area contributed by atoms with Crippen LogP contribution in [0.15, 0.2) is 23.8 Å². The summed E-state index contributed by atoms with van der Waals surface area (Å²) in [5.41, 5.74) is 1.06. The average Bonchev–Trinajstić information content (AvgIpc) is 2.98. The van der Waals surface area contributed by atoms with Crippen LogP contribution in [-0.2, 0) is 23.5 Å². The van der Waals surface area contributed by atoms with Crippen LogP contribution in [0.5, 0.6) is 11.5 Å². The van der Waals surface area contributed by atoms with Gasteiger partial charge in [-0.05, 0) is 49.0 Å². The Morgan fingerprint density at radius 1 is 1.07 bits per heavy atom. The molecule has 0 radical (unpaired) electrons. The highest BCUT2D eigenvalue weighted by Gasteiger charge is 2.42. The number of nitro benzene ring substituents is 1. The summed E-state index contributed by atoms with van der Waals surface area (Å²) in [6.07, 6.45) is -0.468. The summed E-state index contributed by atoms with van der Waals surface area (Å²) in [7, 11) is 6.58. The van der Waals surface area contributed by atoms with Gasteiger partial charge in [0, 0.05) is 32.7 Å². The number of nitrogens with zero attached hydrogens (tertiary/aromatic N) is 2.